The Hall–Kier alpha value is -4.47. The SMILES string of the molecule is CCc1cc(C(=O)N2CCn3cccc3C2C)nc2cc(-c3ccc4c(c3F)OCC(C(=O)O)=C4)nn12. The summed E-state index contributed by atoms with van der Waals surface area (Å²) in [4.78, 5) is 31.2. The number of hydrogen-bond donors (Lipinski definition) is 1. The summed E-state index contributed by atoms with van der Waals surface area (Å²) in [7, 11) is 0. The molecule has 10 heteroatoms. The number of aryl methyl sites for hydroxylation is 1. The van der Waals surface area contributed by atoms with E-state index in [1.54, 1.807) is 28.8 Å². The zero-order valence-electron chi connectivity index (χ0n) is 20.3. The third-order valence-corrected chi connectivity index (χ3v) is 7.07. The van der Waals surface area contributed by atoms with E-state index in [0.29, 0.717) is 35.6 Å². The lowest BCUT2D eigenvalue weighted by molar-refractivity contribution is -0.133. The molecule has 0 fully saturated rings. The molecule has 0 saturated heterocycles. The molecule has 0 radical (unpaired) electrons. The van der Waals surface area contributed by atoms with Crippen molar-refractivity contribution in [2.45, 2.75) is 32.9 Å². The first kappa shape index (κ1) is 23.0. The third-order valence-electron chi connectivity index (χ3n) is 7.07. The molecule has 0 aliphatic carbocycles. The molecule has 4 aromatic rings. The van der Waals surface area contributed by atoms with Crippen LogP contribution in [0.5, 0.6) is 5.75 Å². The van der Waals surface area contributed by atoms with Crippen molar-refractivity contribution in [2.75, 3.05) is 13.2 Å². The molecule has 3 aromatic heterocycles. The summed E-state index contributed by atoms with van der Waals surface area (Å²) in [5.41, 5.74) is 3.58. The highest BCUT2D eigenvalue weighted by molar-refractivity contribution is 5.94. The van der Waals surface area contributed by atoms with Gasteiger partial charge in [-0.05, 0) is 43.7 Å². The molecule has 0 saturated carbocycles. The average Bonchev–Trinajstić information content (AvgIpc) is 3.55. The summed E-state index contributed by atoms with van der Waals surface area (Å²) in [6.07, 6.45) is 4.02. The number of aliphatic carboxylic acids is 1. The topological polar surface area (TPSA) is 102 Å². The Labute approximate surface area is 211 Å². The molecular weight excluding hydrogens is 477 g/mol. The second-order valence-electron chi connectivity index (χ2n) is 9.20. The third kappa shape index (κ3) is 3.67. The number of benzene rings is 1. The van der Waals surface area contributed by atoms with Gasteiger partial charge in [-0.25, -0.2) is 18.7 Å². The Kier molecular flexibility index (Phi) is 5.32. The fourth-order valence-corrected chi connectivity index (χ4v) is 5.07. The van der Waals surface area contributed by atoms with Crippen molar-refractivity contribution in [1.29, 1.82) is 0 Å². The maximum atomic E-state index is 15.4. The van der Waals surface area contributed by atoms with E-state index in [2.05, 4.69) is 14.6 Å². The van der Waals surface area contributed by atoms with Crippen LogP contribution in [-0.4, -0.2) is 54.2 Å². The largest absolute Gasteiger partial charge is 0.485 e. The van der Waals surface area contributed by atoms with Crippen LogP contribution in [0, 0.1) is 5.82 Å². The van der Waals surface area contributed by atoms with Crippen molar-refractivity contribution in [3.63, 3.8) is 0 Å². The highest BCUT2D eigenvalue weighted by atomic mass is 19.1. The van der Waals surface area contributed by atoms with E-state index in [1.165, 1.54) is 6.08 Å². The maximum absolute atomic E-state index is 15.4. The molecule has 5 heterocycles. The van der Waals surface area contributed by atoms with Gasteiger partial charge in [0.25, 0.3) is 5.91 Å². The number of carbonyl (C=O) groups excluding carboxylic acids is 1. The molecule has 0 bridgehead atoms. The Bertz CT molecular complexity index is 1620. The van der Waals surface area contributed by atoms with E-state index in [-0.39, 0.29) is 35.4 Å². The number of nitrogens with zero attached hydrogens (tertiary/aromatic N) is 5. The summed E-state index contributed by atoms with van der Waals surface area (Å²) in [6.45, 7) is 5.05. The normalized spacial score (nSPS) is 16.7. The molecule has 1 unspecified atom stereocenters. The zero-order valence-corrected chi connectivity index (χ0v) is 20.3. The first-order chi connectivity index (χ1) is 17.9. The van der Waals surface area contributed by atoms with Gasteiger partial charge in [0, 0.05) is 47.9 Å². The average molecular weight is 502 g/mol. The predicted octanol–water partition coefficient (Wildman–Crippen LogP) is 3.98. The fraction of sp³-hybridized carbons (Fsp3) is 0.259. The first-order valence-electron chi connectivity index (χ1n) is 12.1. The first-order valence-corrected chi connectivity index (χ1v) is 12.1. The van der Waals surface area contributed by atoms with Crippen LogP contribution in [-0.2, 0) is 17.8 Å². The van der Waals surface area contributed by atoms with E-state index in [1.807, 2.05) is 37.1 Å². The molecule has 37 heavy (non-hydrogen) atoms. The highest BCUT2D eigenvalue weighted by Crippen LogP contribution is 2.36. The van der Waals surface area contributed by atoms with Gasteiger partial charge in [-0.1, -0.05) is 13.0 Å². The van der Waals surface area contributed by atoms with Crippen molar-refractivity contribution in [1.82, 2.24) is 24.1 Å². The second-order valence-corrected chi connectivity index (χ2v) is 9.20. The Morgan fingerprint density at radius 2 is 2.05 bits per heavy atom. The monoisotopic (exact) mass is 501 g/mol. The van der Waals surface area contributed by atoms with Gasteiger partial charge in [-0.2, -0.15) is 5.10 Å². The quantitative estimate of drug-likeness (QED) is 0.454. The zero-order chi connectivity index (χ0) is 25.8. The van der Waals surface area contributed by atoms with Gasteiger partial charge in [0.1, 0.15) is 12.3 Å². The summed E-state index contributed by atoms with van der Waals surface area (Å²) in [6, 6.07) is 10.5. The number of carboxylic acids is 1. The minimum atomic E-state index is -1.10. The fourth-order valence-electron chi connectivity index (χ4n) is 5.07. The smallest absolute Gasteiger partial charge is 0.335 e. The van der Waals surface area contributed by atoms with E-state index in [0.717, 1.165) is 17.9 Å². The van der Waals surface area contributed by atoms with E-state index >= 15 is 4.39 Å². The molecule has 9 nitrogen and oxygen atoms in total. The summed E-state index contributed by atoms with van der Waals surface area (Å²) in [5, 5.41) is 13.8. The maximum Gasteiger partial charge on any atom is 0.335 e. The Balaban J connectivity index is 1.38. The van der Waals surface area contributed by atoms with Gasteiger partial charge in [0.05, 0.1) is 17.3 Å². The predicted molar refractivity (Wildman–Crippen MR) is 133 cm³/mol. The number of fused-ring (bicyclic) bond motifs is 3. The van der Waals surface area contributed by atoms with Crippen molar-refractivity contribution in [3.8, 4) is 17.0 Å². The van der Waals surface area contributed by atoms with E-state index < -0.39 is 11.8 Å². The summed E-state index contributed by atoms with van der Waals surface area (Å²) < 4.78 is 24.6. The van der Waals surface area contributed by atoms with Gasteiger partial charge < -0.3 is 19.3 Å². The van der Waals surface area contributed by atoms with Crippen LogP contribution in [0.1, 0.15) is 47.3 Å². The summed E-state index contributed by atoms with van der Waals surface area (Å²) >= 11 is 0. The lowest BCUT2D eigenvalue weighted by Crippen LogP contribution is -2.41. The number of hydrogen-bond acceptors (Lipinski definition) is 5. The molecule has 188 valence electrons. The van der Waals surface area contributed by atoms with Crippen LogP contribution in [0.4, 0.5) is 4.39 Å². The molecule has 1 amide bonds. The van der Waals surface area contributed by atoms with E-state index in [4.69, 9.17) is 4.74 Å². The minimum absolute atomic E-state index is 0.0112. The Morgan fingerprint density at radius 3 is 2.84 bits per heavy atom. The number of amides is 1. The van der Waals surface area contributed by atoms with Gasteiger partial charge in [-0.15, -0.1) is 0 Å². The molecule has 2 aliphatic rings. The number of aromatic nitrogens is 4. The van der Waals surface area contributed by atoms with Crippen molar-refractivity contribution in [2.24, 2.45) is 0 Å². The molecular formula is C27H24FN5O4. The van der Waals surface area contributed by atoms with Gasteiger partial charge in [-0.3, -0.25) is 4.79 Å². The molecule has 1 N–H and O–H groups in total. The molecule has 1 atom stereocenters. The van der Waals surface area contributed by atoms with Crippen LogP contribution in [0.3, 0.4) is 0 Å². The lowest BCUT2D eigenvalue weighted by Gasteiger charge is -2.34. The van der Waals surface area contributed by atoms with Gasteiger partial charge in [0.15, 0.2) is 17.2 Å². The van der Waals surface area contributed by atoms with Crippen LogP contribution >= 0.6 is 0 Å². The van der Waals surface area contributed by atoms with Crippen LogP contribution in [0.25, 0.3) is 23.0 Å². The highest BCUT2D eigenvalue weighted by Gasteiger charge is 2.30. The van der Waals surface area contributed by atoms with Crippen molar-refractivity contribution < 1.29 is 23.8 Å². The number of carbonyl (C=O) groups is 2. The molecule has 1 aromatic carbocycles. The number of rotatable bonds is 4. The molecule has 0 spiro atoms. The number of halogens is 1. The van der Waals surface area contributed by atoms with Crippen LogP contribution < -0.4 is 4.74 Å². The number of ether oxygens (including phenoxy) is 1. The van der Waals surface area contributed by atoms with Gasteiger partial charge in [0.2, 0.25) is 0 Å². The minimum Gasteiger partial charge on any atom is -0.485 e. The number of carboxylic acid groups (broad SMARTS) is 1. The molecule has 6 rings (SSSR count). The van der Waals surface area contributed by atoms with Crippen molar-refractivity contribution >= 4 is 23.6 Å². The van der Waals surface area contributed by atoms with Gasteiger partial charge >= 0.3 is 5.97 Å². The molecule has 2 aliphatic heterocycles. The van der Waals surface area contributed by atoms with Crippen LogP contribution in [0.15, 0.2) is 48.2 Å². The van der Waals surface area contributed by atoms with E-state index in [9.17, 15) is 14.7 Å². The standard InChI is InChI=1S/C27H24FN5O4/c1-3-18-12-21(26(34)32-10-9-31-8-4-5-22(31)15(32)2)29-23-13-20(30-33(18)23)19-7-6-16-11-17(27(35)36)14-37-25(16)24(19)28/h4-8,11-13,15H,3,9-10,14H2,1-2H3,(H,35,36). The second kappa shape index (κ2) is 8.58. The van der Waals surface area contributed by atoms with Crippen LogP contribution in [0.2, 0.25) is 0 Å². The lowest BCUT2D eigenvalue weighted by atomic mass is 10.0. The Morgan fingerprint density at radius 1 is 1.22 bits per heavy atom. The van der Waals surface area contributed by atoms with Crippen molar-refractivity contribution in [3.05, 3.63) is 76.6 Å². The summed E-state index contributed by atoms with van der Waals surface area (Å²) in [5.74, 6) is -1.90.